The second-order valence-corrected chi connectivity index (χ2v) is 10.3. The van der Waals surface area contributed by atoms with Crippen LogP contribution in [0.2, 0.25) is 0 Å². The van der Waals surface area contributed by atoms with Crippen molar-refractivity contribution >= 4 is 37.2 Å². The highest BCUT2D eigenvalue weighted by Crippen LogP contribution is 2.52. The molecule has 3 heterocycles. The third kappa shape index (κ3) is 4.67. The summed E-state index contributed by atoms with van der Waals surface area (Å²) < 4.78 is 17.6. The lowest BCUT2D eigenvalue weighted by Crippen LogP contribution is -2.45. The fourth-order valence-corrected chi connectivity index (χ4v) is 6.15. The minimum Gasteiger partial charge on any atom is -0.489 e. The number of allylic oxidation sites excluding steroid dienone is 1. The predicted octanol–water partition coefficient (Wildman–Crippen LogP) is 1.13. The second-order valence-electron chi connectivity index (χ2n) is 10.3. The van der Waals surface area contributed by atoms with Crippen LogP contribution in [0, 0.1) is 17.8 Å². The first-order valence-corrected chi connectivity index (χ1v) is 13.1. The summed E-state index contributed by atoms with van der Waals surface area (Å²) in [4.78, 5) is 28.8. The number of fused-ring (bicyclic) bond motifs is 3. The van der Waals surface area contributed by atoms with Crippen LogP contribution >= 0.6 is 0 Å². The van der Waals surface area contributed by atoms with Crippen molar-refractivity contribution in [1.29, 1.82) is 0 Å². The van der Waals surface area contributed by atoms with Gasteiger partial charge in [-0.15, -0.1) is 0 Å². The van der Waals surface area contributed by atoms with Gasteiger partial charge in [-0.1, -0.05) is 30.3 Å². The number of furan rings is 1. The van der Waals surface area contributed by atoms with E-state index in [-0.39, 0.29) is 37.2 Å². The molecule has 4 atom stereocenters. The molecule has 2 fully saturated rings. The molecule has 2 saturated heterocycles. The highest BCUT2D eigenvalue weighted by molar-refractivity contribution is 6.58. The van der Waals surface area contributed by atoms with E-state index < -0.39 is 49.9 Å². The summed E-state index contributed by atoms with van der Waals surface area (Å²) >= 11 is 0. The van der Waals surface area contributed by atoms with Gasteiger partial charge in [0.15, 0.2) is 0 Å². The zero-order valence-corrected chi connectivity index (χ0v) is 21.4. The predicted molar refractivity (Wildman–Crippen MR) is 144 cm³/mol. The van der Waals surface area contributed by atoms with Crippen LogP contribution in [-0.2, 0) is 20.9 Å². The number of para-hydroxylation sites is 1. The Hall–Kier alpha value is -3.67. The molecule has 204 valence electrons. The molecule has 40 heavy (non-hydrogen) atoms. The zero-order valence-electron chi connectivity index (χ0n) is 21.4. The molecule has 0 unspecified atom stereocenters. The smallest absolute Gasteiger partial charge is 0.488 e. The van der Waals surface area contributed by atoms with Crippen LogP contribution in [0.3, 0.4) is 0 Å². The molecule has 1 aromatic heterocycles. The van der Waals surface area contributed by atoms with Gasteiger partial charge in [0.25, 0.3) is 0 Å². The number of aliphatic hydroxyl groups is 1. The van der Waals surface area contributed by atoms with Gasteiger partial charge in [0.05, 0.1) is 17.5 Å². The lowest BCUT2D eigenvalue weighted by atomic mass is 9.55. The molecule has 4 N–H and O–H groups in total. The van der Waals surface area contributed by atoms with E-state index in [1.54, 1.807) is 24.3 Å². The van der Waals surface area contributed by atoms with E-state index in [4.69, 9.17) is 13.8 Å². The number of ether oxygens (including phenoxy) is 1. The fraction of sp³-hybridized carbons (Fsp3) is 0.286. The molecule has 0 saturated carbocycles. The van der Waals surface area contributed by atoms with Gasteiger partial charge in [-0.25, -0.2) is 0 Å². The number of aliphatic hydroxyl groups excluding tert-OH is 1. The molecular formula is C28H27B2NO9. The molecule has 0 spiro atoms. The van der Waals surface area contributed by atoms with Crippen LogP contribution in [0.15, 0.2) is 82.2 Å². The molecule has 0 radical (unpaired) electrons. The molecule has 12 heteroatoms. The van der Waals surface area contributed by atoms with Crippen molar-refractivity contribution in [1.82, 2.24) is 0 Å². The fourth-order valence-electron chi connectivity index (χ4n) is 6.15. The SMILES string of the molecule is O=C1[C@H]2[C@H](CC(COc3ccccc3)=C3B(O)O[C@H](c4ccc(CO)o4)C[C@H]32)C(=O)N1c1cccc(B(O)O)c1. The van der Waals surface area contributed by atoms with Gasteiger partial charge >= 0.3 is 14.2 Å². The molecule has 3 aromatic rings. The molecule has 2 aromatic carbocycles. The lowest BCUT2D eigenvalue weighted by Gasteiger charge is -2.41. The van der Waals surface area contributed by atoms with Gasteiger partial charge in [0, 0.05) is 0 Å². The first-order chi connectivity index (χ1) is 19.4. The number of hydrogen-bond acceptors (Lipinski definition) is 9. The Morgan fingerprint density at radius 3 is 2.52 bits per heavy atom. The first-order valence-electron chi connectivity index (χ1n) is 13.1. The topological polar surface area (TPSA) is 150 Å². The number of carbonyl (C=O) groups is 2. The standard InChI is InChI=1S/C28H27B2NO9/c32-14-20-9-10-23(39-20)24-13-21-25-22(27(33)31(28(25)34)18-6-4-5-17(12-18)29(35)36)11-16(26(21)30(37)40-24)15-38-19-7-2-1-3-8-19/h1-10,12,21-22,24-25,32,35-37H,11,13-15H2/t21-,22-,24-,25+/m0/s1. The third-order valence-corrected chi connectivity index (χ3v) is 7.95. The average Bonchev–Trinajstić information content (AvgIpc) is 3.54. The van der Waals surface area contributed by atoms with Crippen LogP contribution in [0.25, 0.3) is 0 Å². The number of nitrogens with zero attached hydrogens (tertiary/aromatic N) is 1. The number of hydrogen-bond donors (Lipinski definition) is 4. The minimum absolute atomic E-state index is 0.104. The summed E-state index contributed by atoms with van der Waals surface area (Å²) in [6.45, 7) is -0.188. The summed E-state index contributed by atoms with van der Waals surface area (Å²) in [6, 6.07) is 18.5. The number of anilines is 1. The molecule has 3 aliphatic rings. The van der Waals surface area contributed by atoms with Crippen molar-refractivity contribution in [2.24, 2.45) is 17.8 Å². The number of amides is 2. The van der Waals surface area contributed by atoms with Crippen molar-refractivity contribution < 1.29 is 43.6 Å². The van der Waals surface area contributed by atoms with Gasteiger partial charge in [-0.05, 0) is 71.7 Å². The van der Waals surface area contributed by atoms with Crippen molar-refractivity contribution in [3.8, 4) is 5.75 Å². The van der Waals surface area contributed by atoms with E-state index in [2.05, 4.69) is 0 Å². The summed E-state index contributed by atoms with van der Waals surface area (Å²) in [6.07, 6.45) is -0.236. The van der Waals surface area contributed by atoms with E-state index >= 15 is 0 Å². The van der Waals surface area contributed by atoms with Gasteiger partial charge in [0.2, 0.25) is 11.8 Å². The minimum atomic E-state index is -1.76. The highest BCUT2D eigenvalue weighted by Gasteiger charge is 2.58. The molecule has 1 aliphatic carbocycles. The van der Waals surface area contributed by atoms with E-state index in [1.807, 2.05) is 30.3 Å². The number of benzene rings is 2. The van der Waals surface area contributed by atoms with E-state index in [0.29, 0.717) is 28.3 Å². The Kier molecular flexibility index (Phi) is 7.11. The maximum absolute atomic E-state index is 13.9. The van der Waals surface area contributed by atoms with E-state index in [0.717, 1.165) is 4.90 Å². The Morgan fingerprint density at radius 2 is 1.80 bits per heavy atom. The van der Waals surface area contributed by atoms with Crippen molar-refractivity contribution in [3.63, 3.8) is 0 Å². The normalized spacial score (nSPS) is 24.3. The highest BCUT2D eigenvalue weighted by atomic mass is 16.5. The monoisotopic (exact) mass is 543 g/mol. The van der Waals surface area contributed by atoms with Crippen LogP contribution in [0.1, 0.15) is 30.5 Å². The third-order valence-electron chi connectivity index (χ3n) is 7.95. The van der Waals surface area contributed by atoms with Crippen LogP contribution in [0.4, 0.5) is 5.69 Å². The number of imide groups is 1. The molecule has 0 bridgehead atoms. The summed E-state index contributed by atoms with van der Waals surface area (Å²) in [7, 11) is -3.11. The maximum atomic E-state index is 13.9. The summed E-state index contributed by atoms with van der Waals surface area (Å²) in [5.74, 6) is -1.45. The Labute approximate surface area is 230 Å². The molecular weight excluding hydrogens is 516 g/mol. The summed E-state index contributed by atoms with van der Waals surface area (Å²) in [5.41, 5.74) is 1.63. The van der Waals surface area contributed by atoms with Crippen LogP contribution < -0.4 is 15.1 Å². The Balaban J connectivity index is 1.37. The van der Waals surface area contributed by atoms with Crippen molar-refractivity contribution in [2.45, 2.75) is 25.6 Å². The van der Waals surface area contributed by atoms with Gasteiger partial charge in [0.1, 0.15) is 36.6 Å². The molecule has 10 nitrogen and oxygen atoms in total. The average molecular weight is 543 g/mol. The molecule has 6 rings (SSSR count). The zero-order chi connectivity index (χ0) is 28.0. The van der Waals surface area contributed by atoms with E-state index in [9.17, 15) is 29.8 Å². The van der Waals surface area contributed by atoms with Gasteiger partial charge in [-0.2, -0.15) is 0 Å². The van der Waals surface area contributed by atoms with Gasteiger partial charge < -0.3 is 34.0 Å². The lowest BCUT2D eigenvalue weighted by molar-refractivity contribution is -0.123. The van der Waals surface area contributed by atoms with Crippen LogP contribution in [0.5, 0.6) is 5.75 Å². The molecule has 2 aliphatic heterocycles. The number of carbonyl (C=O) groups excluding carboxylic acids is 2. The second kappa shape index (κ2) is 10.7. The Morgan fingerprint density at radius 1 is 1.00 bits per heavy atom. The van der Waals surface area contributed by atoms with Crippen molar-refractivity contribution in [3.05, 3.63) is 89.3 Å². The largest absolute Gasteiger partial charge is 0.489 e. The van der Waals surface area contributed by atoms with Crippen LogP contribution in [-0.4, -0.2) is 52.8 Å². The van der Waals surface area contributed by atoms with Crippen molar-refractivity contribution in [2.75, 3.05) is 11.5 Å². The quantitative estimate of drug-likeness (QED) is 0.254. The first kappa shape index (κ1) is 26.5. The molecule has 2 amide bonds. The summed E-state index contributed by atoms with van der Waals surface area (Å²) in [5, 5.41) is 39.9. The maximum Gasteiger partial charge on any atom is 0.488 e. The number of rotatable bonds is 7. The van der Waals surface area contributed by atoms with E-state index in [1.165, 1.54) is 12.1 Å². The Bertz CT molecular complexity index is 1460. The van der Waals surface area contributed by atoms with Gasteiger partial charge in [-0.3, -0.25) is 14.5 Å².